The molecule has 1 N–H and O–H groups in total. The number of esters is 2. The first-order chi connectivity index (χ1) is 18.7. The lowest BCUT2D eigenvalue weighted by molar-refractivity contribution is -0.152. The molecule has 39 heavy (non-hydrogen) atoms. The van der Waals surface area contributed by atoms with E-state index in [0.717, 1.165) is 5.56 Å². The van der Waals surface area contributed by atoms with E-state index in [2.05, 4.69) is 5.32 Å². The summed E-state index contributed by atoms with van der Waals surface area (Å²) in [5, 5.41) is 3.36. The molecule has 10 heteroatoms. The summed E-state index contributed by atoms with van der Waals surface area (Å²) in [4.78, 5) is 41.7. The number of nitrogens with one attached hydrogen (secondary N) is 1. The summed E-state index contributed by atoms with van der Waals surface area (Å²) in [7, 11) is 2.55. The molecule has 3 atom stereocenters. The summed E-state index contributed by atoms with van der Waals surface area (Å²) in [6.07, 6.45) is 0.128. The van der Waals surface area contributed by atoms with E-state index in [0.29, 0.717) is 16.1 Å². The number of ether oxygens (including phenoxy) is 2. The Hall–Kier alpha value is -3.46. The number of hydrogen-bond donors (Lipinski definition) is 1. The molecule has 1 fully saturated rings. The molecule has 0 spiro atoms. The van der Waals surface area contributed by atoms with E-state index in [-0.39, 0.29) is 23.0 Å². The summed E-state index contributed by atoms with van der Waals surface area (Å²) in [6, 6.07) is 21.8. The lowest BCUT2D eigenvalue weighted by Gasteiger charge is -2.41. The number of likely N-dealkylation sites (tertiary alicyclic amines) is 1. The molecule has 1 heterocycles. The largest absolute Gasteiger partial charge is 0.469 e. The van der Waals surface area contributed by atoms with Crippen molar-refractivity contribution >= 4 is 58.4 Å². The molecule has 0 unspecified atom stereocenters. The number of benzene rings is 3. The SMILES string of the molecule is COC(=O)[C@H]1C[C@@](Cc2ccccc2)(C(=O)OC)N(C(=S)NC(=O)c2ccccc2)[C@H]1c1ccc(Cl)cc1Cl. The van der Waals surface area contributed by atoms with E-state index >= 15 is 0 Å². The maximum Gasteiger partial charge on any atom is 0.332 e. The lowest BCUT2D eigenvalue weighted by Crippen LogP contribution is -2.58. The van der Waals surface area contributed by atoms with Gasteiger partial charge in [-0.05, 0) is 54.0 Å². The highest BCUT2D eigenvalue weighted by Crippen LogP contribution is 2.51. The quantitative estimate of drug-likeness (QED) is 0.307. The number of thiocarbonyl (C=S) groups is 1. The molecular weight excluding hydrogens is 559 g/mol. The van der Waals surface area contributed by atoms with Crippen molar-refractivity contribution in [2.24, 2.45) is 5.92 Å². The monoisotopic (exact) mass is 584 g/mol. The van der Waals surface area contributed by atoms with Crippen LogP contribution >= 0.6 is 35.4 Å². The Labute approximate surface area is 242 Å². The van der Waals surface area contributed by atoms with Gasteiger partial charge >= 0.3 is 11.9 Å². The summed E-state index contributed by atoms with van der Waals surface area (Å²) < 4.78 is 10.5. The van der Waals surface area contributed by atoms with Crippen LogP contribution in [-0.4, -0.2) is 47.6 Å². The average Bonchev–Trinajstić information content (AvgIpc) is 3.28. The van der Waals surface area contributed by atoms with Crippen LogP contribution < -0.4 is 5.32 Å². The third kappa shape index (κ3) is 5.78. The molecule has 1 aliphatic rings. The van der Waals surface area contributed by atoms with Gasteiger partial charge in [-0.25, -0.2) is 4.79 Å². The molecule has 1 saturated heterocycles. The minimum atomic E-state index is -1.48. The van der Waals surface area contributed by atoms with E-state index < -0.39 is 35.3 Å². The number of nitrogens with zero attached hydrogens (tertiary/aromatic N) is 1. The van der Waals surface area contributed by atoms with Crippen LogP contribution in [-0.2, 0) is 25.5 Å². The number of halogens is 2. The van der Waals surface area contributed by atoms with Crippen LogP contribution in [0.5, 0.6) is 0 Å². The molecule has 0 aromatic heterocycles. The third-order valence-corrected chi connectivity index (χ3v) is 7.70. The Balaban J connectivity index is 1.91. The maximum atomic E-state index is 13.7. The van der Waals surface area contributed by atoms with E-state index in [9.17, 15) is 14.4 Å². The van der Waals surface area contributed by atoms with Crippen LogP contribution in [0.15, 0.2) is 78.9 Å². The lowest BCUT2D eigenvalue weighted by atomic mass is 9.84. The van der Waals surface area contributed by atoms with E-state index in [1.165, 1.54) is 14.2 Å². The molecule has 7 nitrogen and oxygen atoms in total. The number of hydrogen-bond acceptors (Lipinski definition) is 6. The van der Waals surface area contributed by atoms with Crippen LogP contribution in [0, 0.1) is 5.92 Å². The Morgan fingerprint density at radius 1 is 0.974 bits per heavy atom. The number of carbonyl (C=O) groups excluding carboxylic acids is 3. The maximum absolute atomic E-state index is 13.7. The molecule has 0 bridgehead atoms. The zero-order valence-corrected chi connectivity index (χ0v) is 23.6. The second-order valence-electron chi connectivity index (χ2n) is 9.13. The first kappa shape index (κ1) is 28.5. The Bertz CT molecular complexity index is 1390. The molecule has 0 radical (unpaired) electrons. The van der Waals surface area contributed by atoms with Crippen molar-refractivity contribution in [1.29, 1.82) is 0 Å². The van der Waals surface area contributed by atoms with E-state index in [1.807, 2.05) is 30.3 Å². The Morgan fingerprint density at radius 2 is 1.62 bits per heavy atom. The molecule has 0 saturated carbocycles. The van der Waals surface area contributed by atoms with Gasteiger partial charge in [0, 0.05) is 22.0 Å². The van der Waals surface area contributed by atoms with E-state index in [4.69, 9.17) is 44.9 Å². The fraction of sp³-hybridized carbons (Fsp3) is 0.241. The van der Waals surface area contributed by atoms with Gasteiger partial charge in [-0.15, -0.1) is 0 Å². The first-order valence-electron chi connectivity index (χ1n) is 12.1. The van der Waals surface area contributed by atoms with Gasteiger partial charge in [-0.1, -0.05) is 77.8 Å². The molecular formula is C29H26Cl2N2O5S. The average molecular weight is 586 g/mol. The Morgan fingerprint density at radius 3 is 2.21 bits per heavy atom. The zero-order chi connectivity index (χ0) is 28.2. The predicted octanol–water partition coefficient (Wildman–Crippen LogP) is 5.40. The van der Waals surface area contributed by atoms with Gasteiger partial charge in [0.15, 0.2) is 5.11 Å². The number of rotatable bonds is 6. The first-order valence-corrected chi connectivity index (χ1v) is 13.2. The summed E-state index contributed by atoms with van der Waals surface area (Å²) >= 11 is 18.6. The second kappa shape index (κ2) is 12.2. The van der Waals surface area contributed by atoms with Gasteiger partial charge in [-0.3, -0.25) is 14.9 Å². The highest BCUT2D eigenvalue weighted by atomic mass is 35.5. The van der Waals surface area contributed by atoms with Gasteiger partial charge < -0.3 is 14.4 Å². The molecule has 1 amide bonds. The van der Waals surface area contributed by atoms with Crippen LogP contribution in [0.4, 0.5) is 0 Å². The molecule has 0 aliphatic carbocycles. The Kier molecular flexibility index (Phi) is 8.90. The predicted molar refractivity (Wildman–Crippen MR) is 153 cm³/mol. The minimum Gasteiger partial charge on any atom is -0.469 e. The third-order valence-electron chi connectivity index (χ3n) is 6.84. The normalized spacial score (nSPS) is 20.3. The summed E-state index contributed by atoms with van der Waals surface area (Å²) in [5.74, 6) is -2.54. The van der Waals surface area contributed by atoms with Crippen molar-refractivity contribution in [1.82, 2.24) is 10.2 Å². The minimum absolute atomic E-state index is 0.00773. The topological polar surface area (TPSA) is 84.9 Å². The van der Waals surface area contributed by atoms with Gasteiger partial charge in [0.2, 0.25) is 0 Å². The molecule has 4 rings (SSSR count). The van der Waals surface area contributed by atoms with Gasteiger partial charge in [0.1, 0.15) is 5.54 Å². The second-order valence-corrected chi connectivity index (χ2v) is 10.4. The van der Waals surface area contributed by atoms with Crippen molar-refractivity contribution in [2.75, 3.05) is 14.2 Å². The highest BCUT2D eigenvalue weighted by molar-refractivity contribution is 7.80. The standard InChI is InChI=1S/C29H26Cl2N2O5S/c1-37-26(35)22-17-29(27(36)38-2,16-18-9-5-3-6-10-18)33(24(22)21-14-13-20(30)15-23(21)31)28(39)32-25(34)19-11-7-4-8-12-19/h3-15,22,24H,16-17H2,1-2H3,(H,32,34,39)/t22-,24-,29-/m0/s1. The summed E-state index contributed by atoms with van der Waals surface area (Å²) in [5.41, 5.74) is 0.184. The van der Waals surface area contributed by atoms with Crippen LogP contribution in [0.1, 0.15) is 33.9 Å². The fourth-order valence-corrected chi connectivity index (χ4v) is 6.06. The van der Waals surface area contributed by atoms with Crippen LogP contribution in [0.25, 0.3) is 0 Å². The van der Waals surface area contributed by atoms with E-state index in [1.54, 1.807) is 53.4 Å². The van der Waals surface area contributed by atoms with Crippen molar-refractivity contribution < 1.29 is 23.9 Å². The number of amides is 1. The van der Waals surface area contributed by atoms with Crippen LogP contribution in [0.2, 0.25) is 10.0 Å². The zero-order valence-electron chi connectivity index (χ0n) is 21.2. The molecule has 202 valence electrons. The van der Waals surface area contributed by atoms with Crippen LogP contribution in [0.3, 0.4) is 0 Å². The van der Waals surface area contributed by atoms with Crippen molar-refractivity contribution in [3.8, 4) is 0 Å². The molecule has 1 aliphatic heterocycles. The smallest absolute Gasteiger partial charge is 0.332 e. The van der Waals surface area contributed by atoms with Crippen molar-refractivity contribution in [2.45, 2.75) is 24.4 Å². The van der Waals surface area contributed by atoms with Gasteiger partial charge in [0.25, 0.3) is 5.91 Å². The van der Waals surface area contributed by atoms with Gasteiger partial charge in [-0.2, -0.15) is 0 Å². The number of methoxy groups -OCH3 is 2. The van der Waals surface area contributed by atoms with Gasteiger partial charge in [0.05, 0.1) is 26.2 Å². The van der Waals surface area contributed by atoms with Crippen molar-refractivity contribution in [3.05, 3.63) is 106 Å². The fourth-order valence-electron chi connectivity index (χ4n) is 5.16. The number of carbonyl (C=O) groups is 3. The molecule has 3 aromatic carbocycles. The summed E-state index contributed by atoms with van der Waals surface area (Å²) in [6.45, 7) is 0. The van der Waals surface area contributed by atoms with Crippen molar-refractivity contribution in [3.63, 3.8) is 0 Å². The molecule has 3 aromatic rings. The highest BCUT2D eigenvalue weighted by Gasteiger charge is 2.61.